The molecule has 1 N–H and O–H groups in total. The summed E-state index contributed by atoms with van der Waals surface area (Å²) in [5, 5.41) is 3.35. The number of nitrogens with one attached hydrogen (secondary N) is 1. The highest BCUT2D eigenvalue weighted by atomic mass is 19.1. The average molecular weight is 248 g/mol. The second-order valence-corrected chi connectivity index (χ2v) is 4.17. The molecule has 96 valence electrons. The number of pyridine rings is 1. The molecule has 0 aliphatic carbocycles. The van der Waals surface area contributed by atoms with Crippen LogP contribution in [0.15, 0.2) is 30.7 Å². The van der Waals surface area contributed by atoms with Crippen molar-refractivity contribution < 1.29 is 4.39 Å². The van der Waals surface area contributed by atoms with Gasteiger partial charge in [0, 0.05) is 25.9 Å². The molecule has 1 atom stereocenters. The Morgan fingerprint density at radius 2 is 2.22 bits per heavy atom. The fraction of sp³-hybridized carbons (Fsp3) is 0.385. The lowest BCUT2D eigenvalue weighted by molar-refractivity contribution is 0.514. The van der Waals surface area contributed by atoms with Crippen LogP contribution in [0.4, 0.5) is 4.39 Å². The van der Waals surface area contributed by atoms with E-state index in [1.807, 2.05) is 24.7 Å². The molecule has 5 heteroatoms. The predicted molar refractivity (Wildman–Crippen MR) is 67.5 cm³/mol. The molecule has 4 nitrogen and oxygen atoms in total. The number of hydrogen-bond acceptors (Lipinski definition) is 3. The minimum atomic E-state index is -0.314. The summed E-state index contributed by atoms with van der Waals surface area (Å²) < 4.78 is 14.9. The molecule has 0 saturated heterocycles. The van der Waals surface area contributed by atoms with Crippen LogP contribution < -0.4 is 5.32 Å². The second kappa shape index (κ2) is 5.73. The molecule has 0 bridgehead atoms. The lowest BCUT2D eigenvalue weighted by atomic mass is 10.1. The Balaban J connectivity index is 2.18. The first kappa shape index (κ1) is 12.7. The van der Waals surface area contributed by atoms with Crippen LogP contribution in [0.25, 0.3) is 0 Å². The molecule has 0 spiro atoms. The number of likely N-dealkylation sites (N-methyl/N-ethyl adjacent to an activating group) is 1. The van der Waals surface area contributed by atoms with Gasteiger partial charge in [0.25, 0.3) is 0 Å². The van der Waals surface area contributed by atoms with Gasteiger partial charge in [-0.05, 0) is 18.7 Å². The minimum absolute atomic E-state index is 0.0525. The largest absolute Gasteiger partial charge is 0.338 e. The highest BCUT2D eigenvalue weighted by Gasteiger charge is 2.14. The molecule has 18 heavy (non-hydrogen) atoms. The van der Waals surface area contributed by atoms with Gasteiger partial charge in [0.1, 0.15) is 11.6 Å². The van der Waals surface area contributed by atoms with Crippen LogP contribution in [0.5, 0.6) is 0 Å². The number of imidazole rings is 1. The van der Waals surface area contributed by atoms with Crippen molar-refractivity contribution in [3.05, 3.63) is 48.1 Å². The highest BCUT2D eigenvalue weighted by molar-refractivity contribution is 5.12. The molecule has 0 amide bonds. The van der Waals surface area contributed by atoms with E-state index in [4.69, 9.17) is 0 Å². The summed E-state index contributed by atoms with van der Waals surface area (Å²) in [6.07, 6.45) is 5.67. The Bertz CT molecular complexity index is 492. The molecule has 0 saturated carbocycles. The lowest BCUT2D eigenvalue weighted by Gasteiger charge is -2.17. The molecule has 2 heterocycles. The molecule has 0 radical (unpaired) electrons. The molecule has 2 aromatic heterocycles. The van der Waals surface area contributed by atoms with Crippen molar-refractivity contribution in [3.8, 4) is 0 Å². The molecule has 2 aromatic rings. The third-order valence-electron chi connectivity index (χ3n) is 2.87. The molecule has 0 aliphatic rings. The van der Waals surface area contributed by atoms with Gasteiger partial charge in [-0.2, -0.15) is 0 Å². The normalized spacial score (nSPS) is 12.6. The van der Waals surface area contributed by atoms with Crippen LogP contribution in [0.3, 0.4) is 0 Å². The summed E-state index contributed by atoms with van der Waals surface area (Å²) in [5.74, 6) is 0.665. The van der Waals surface area contributed by atoms with Gasteiger partial charge in [0.05, 0.1) is 17.9 Å². The Morgan fingerprint density at radius 3 is 2.78 bits per heavy atom. The topological polar surface area (TPSA) is 42.7 Å². The second-order valence-electron chi connectivity index (χ2n) is 4.17. The fourth-order valence-electron chi connectivity index (χ4n) is 1.90. The SMILES string of the molecule is CCNC(Cc1nccn1C)c1ccc(F)cn1. The summed E-state index contributed by atoms with van der Waals surface area (Å²) in [7, 11) is 1.96. The first-order chi connectivity index (χ1) is 8.70. The van der Waals surface area contributed by atoms with Crippen molar-refractivity contribution in [1.82, 2.24) is 19.9 Å². The third-order valence-corrected chi connectivity index (χ3v) is 2.87. The predicted octanol–water partition coefficient (Wildman–Crippen LogP) is 1.85. The monoisotopic (exact) mass is 248 g/mol. The van der Waals surface area contributed by atoms with Crippen molar-refractivity contribution >= 4 is 0 Å². The van der Waals surface area contributed by atoms with Gasteiger partial charge >= 0.3 is 0 Å². The van der Waals surface area contributed by atoms with Crippen LogP contribution in [0.2, 0.25) is 0 Å². The standard InChI is InChI=1S/C13H17FN4/c1-3-15-12(8-13-16-6-7-18(13)2)11-5-4-10(14)9-17-11/h4-7,9,12,15H,3,8H2,1-2H3. The lowest BCUT2D eigenvalue weighted by Crippen LogP contribution is -2.25. The van der Waals surface area contributed by atoms with E-state index in [1.165, 1.54) is 12.3 Å². The molecular formula is C13H17FN4. The van der Waals surface area contributed by atoms with E-state index in [2.05, 4.69) is 15.3 Å². The van der Waals surface area contributed by atoms with E-state index >= 15 is 0 Å². The number of hydrogen-bond donors (Lipinski definition) is 1. The zero-order valence-corrected chi connectivity index (χ0v) is 10.6. The summed E-state index contributed by atoms with van der Waals surface area (Å²) in [6, 6.07) is 3.20. The fourth-order valence-corrected chi connectivity index (χ4v) is 1.90. The van der Waals surface area contributed by atoms with E-state index in [0.29, 0.717) is 0 Å². The molecule has 1 unspecified atom stereocenters. The smallest absolute Gasteiger partial charge is 0.141 e. The number of aryl methyl sites for hydroxylation is 1. The Morgan fingerprint density at radius 1 is 1.39 bits per heavy atom. The van der Waals surface area contributed by atoms with Crippen molar-refractivity contribution in [2.24, 2.45) is 7.05 Å². The number of halogens is 1. The van der Waals surface area contributed by atoms with E-state index in [9.17, 15) is 4.39 Å². The molecule has 0 aliphatic heterocycles. The number of nitrogens with zero attached hydrogens (tertiary/aromatic N) is 3. The molecule has 2 rings (SSSR count). The van der Waals surface area contributed by atoms with Crippen LogP contribution >= 0.6 is 0 Å². The summed E-state index contributed by atoms with van der Waals surface area (Å²) >= 11 is 0. The zero-order valence-electron chi connectivity index (χ0n) is 10.6. The van der Waals surface area contributed by atoms with Gasteiger partial charge in [-0.15, -0.1) is 0 Å². The van der Waals surface area contributed by atoms with Crippen LogP contribution in [-0.4, -0.2) is 21.1 Å². The Hall–Kier alpha value is -1.75. The first-order valence-corrected chi connectivity index (χ1v) is 6.01. The maximum Gasteiger partial charge on any atom is 0.141 e. The van der Waals surface area contributed by atoms with Gasteiger partial charge in [-0.1, -0.05) is 6.92 Å². The summed E-state index contributed by atoms with van der Waals surface area (Å²) in [6.45, 7) is 2.86. The first-order valence-electron chi connectivity index (χ1n) is 6.01. The third kappa shape index (κ3) is 2.92. The van der Waals surface area contributed by atoms with Gasteiger partial charge in [-0.3, -0.25) is 4.98 Å². The van der Waals surface area contributed by atoms with E-state index in [0.717, 1.165) is 24.5 Å². The Kier molecular flexibility index (Phi) is 4.04. The van der Waals surface area contributed by atoms with Crippen molar-refractivity contribution in [2.75, 3.05) is 6.54 Å². The van der Waals surface area contributed by atoms with E-state index < -0.39 is 0 Å². The number of aromatic nitrogens is 3. The highest BCUT2D eigenvalue weighted by Crippen LogP contribution is 2.15. The van der Waals surface area contributed by atoms with Crippen molar-refractivity contribution in [3.63, 3.8) is 0 Å². The number of rotatable bonds is 5. The molecule has 0 aromatic carbocycles. The van der Waals surface area contributed by atoms with Crippen LogP contribution in [-0.2, 0) is 13.5 Å². The molecular weight excluding hydrogens is 231 g/mol. The van der Waals surface area contributed by atoms with Crippen molar-refractivity contribution in [2.45, 2.75) is 19.4 Å². The minimum Gasteiger partial charge on any atom is -0.338 e. The maximum absolute atomic E-state index is 12.9. The van der Waals surface area contributed by atoms with Crippen LogP contribution in [0.1, 0.15) is 24.5 Å². The van der Waals surface area contributed by atoms with Gasteiger partial charge in [-0.25, -0.2) is 9.37 Å². The summed E-state index contributed by atoms with van der Waals surface area (Å²) in [4.78, 5) is 8.43. The Labute approximate surface area is 106 Å². The zero-order chi connectivity index (χ0) is 13.0. The van der Waals surface area contributed by atoms with E-state index in [1.54, 1.807) is 12.3 Å². The van der Waals surface area contributed by atoms with E-state index in [-0.39, 0.29) is 11.9 Å². The quantitative estimate of drug-likeness (QED) is 0.878. The summed E-state index contributed by atoms with van der Waals surface area (Å²) in [5.41, 5.74) is 0.834. The van der Waals surface area contributed by atoms with Crippen molar-refractivity contribution in [1.29, 1.82) is 0 Å². The maximum atomic E-state index is 12.9. The van der Waals surface area contributed by atoms with Gasteiger partial charge in [0.2, 0.25) is 0 Å². The molecule has 0 fully saturated rings. The van der Waals surface area contributed by atoms with Gasteiger partial charge < -0.3 is 9.88 Å². The average Bonchev–Trinajstić information content (AvgIpc) is 2.76. The van der Waals surface area contributed by atoms with Gasteiger partial charge in [0.15, 0.2) is 0 Å². The van der Waals surface area contributed by atoms with Crippen LogP contribution in [0, 0.1) is 5.82 Å².